The van der Waals surface area contributed by atoms with Crippen LogP contribution >= 0.6 is 0 Å². The van der Waals surface area contributed by atoms with Crippen LogP contribution in [0.4, 0.5) is 10.5 Å². The van der Waals surface area contributed by atoms with Gasteiger partial charge in [0.1, 0.15) is 6.61 Å². The van der Waals surface area contributed by atoms with Crippen molar-refractivity contribution in [3.05, 3.63) is 76.9 Å². The first-order valence-electron chi connectivity index (χ1n) is 7.98. The van der Waals surface area contributed by atoms with E-state index in [0.717, 1.165) is 30.5 Å². The molecule has 0 unspecified atom stereocenters. The number of amides is 1. The van der Waals surface area contributed by atoms with Gasteiger partial charge in [-0.3, -0.25) is 5.32 Å². The maximum atomic E-state index is 11.9. The Morgan fingerprint density at radius 1 is 1.13 bits per heavy atom. The van der Waals surface area contributed by atoms with Crippen molar-refractivity contribution in [2.45, 2.75) is 32.8 Å². The van der Waals surface area contributed by atoms with Gasteiger partial charge in [-0.1, -0.05) is 48.0 Å². The number of aryl methyl sites for hydroxylation is 1. The summed E-state index contributed by atoms with van der Waals surface area (Å²) in [5.74, 6) is 0. The molecule has 0 radical (unpaired) electrons. The van der Waals surface area contributed by atoms with Gasteiger partial charge in [-0.05, 0) is 55.0 Å². The Morgan fingerprint density at radius 3 is 2.74 bits per heavy atom. The summed E-state index contributed by atoms with van der Waals surface area (Å²) in [5.41, 5.74) is 5.93. The Kier molecular flexibility index (Phi) is 4.77. The molecule has 0 bridgehead atoms. The molecule has 1 amide bonds. The van der Waals surface area contributed by atoms with Gasteiger partial charge < -0.3 is 4.74 Å². The van der Waals surface area contributed by atoms with Crippen molar-refractivity contribution in [3.63, 3.8) is 0 Å². The summed E-state index contributed by atoms with van der Waals surface area (Å²) in [6, 6.07) is 15.8. The van der Waals surface area contributed by atoms with Gasteiger partial charge in [0.25, 0.3) is 0 Å². The molecule has 1 N–H and O–H groups in total. The fraction of sp³-hybridized carbons (Fsp3) is 0.250. The van der Waals surface area contributed by atoms with Gasteiger partial charge in [0.15, 0.2) is 0 Å². The van der Waals surface area contributed by atoms with Crippen LogP contribution in [0.5, 0.6) is 0 Å². The van der Waals surface area contributed by atoms with Crippen LogP contribution in [0.15, 0.2) is 60.2 Å². The average molecular weight is 307 g/mol. The third-order valence-corrected chi connectivity index (χ3v) is 4.21. The normalized spacial score (nSPS) is 15.1. The highest BCUT2D eigenvalue weighted by atomic mass is 16.5. The van der Waals surface area contributed by atoms with Crippen LogP contribution in [-0.2, 0) is 24.2 Å². The van der Waals surface area contributed by atoms with Crippen LogP contribution in [0.2, 0.25) is 0 Å². The number of anilines is 1. The first kappa shape index (κ1) is 15.3. The molecular formula is C20H21NO2. The van der Waals surface area contributed by atoms with Gasteiger partial charge in [0.2, 0.25) is 0 Å². The summed E-state index contributed by atoms with van der Waals surface area (Å²) >= 11 is 0. The van der Waals surface area contributed by atoms with Crippen LogP contribution in [-0.4, -0.2) is 6.09 Å². The van der Waals surface area contributed by atoms with E-state index in [1.54, 1.807) is 0 Å². The second kappa shape index (κ2) is 7.14. The number of carbonyl (C=O) groups excluding carboxylic acids is 1. The Hall–Kier alpha value is -2.55. The predicted molar refractivity (Wildman–Crippen MR) is 92.5 cm³/mol. The molecule has 0 heterocycles. The molecule has 2 aromatic carbocycles. The lowest BCUT2D eigenvalue weighted by Crippen LogP contribution is -2.14. The van der Waals surface area contributed by atoms with Crippen molar-refractivity contribution in [3.8, 4) is 0 Å². The van der Waals surface area contributed by atoms with E-state index in [9.17, 15) is 4.79 Å². The summed E-state index contributed by atoms with van der Waals surface area (Å²) in [6.07, 6.45) is 4.94. The van der Waals surface area contributed by atoms with E-state index in [1.807, 2.05) is 36.4 Å². The number of rotatable bonds is 3. The zero-order chi connectivity index (χ0) is 16.1. The molecule has 0 saturated heterocycles. The van der Waals surface area contributed by atoms with E-state index in [2.05, 4.69) is 30.4 Å². The molecule has 2 aromatic rings. The zero-order valence-electron chi connectivity index (χ0n) is 13.3. The third-order valence-electron chi connectivity index (χ3n) is 4.21. The minimum absolute atomic E-state index is 0.280. The highest BCUT2D eigenvalue weighted by Crippen LogP contribution is 2.27. The number of hydrogen-bond donors (Lipinski definition) is 1. The second-order valence-electron chi connectivity index (χ2n) is 5.79. The van der Waals surface area contributed by atoms with Crippen molar-refractivity contribution < 1.29 is 9.53 Å². The van der Waals surface area contributed by atoms with Crippen LogP contribution < -0.4 is 5.32 Å². The topological polar surface area (TPSA) is 38.3 Å². The summed E-state index contributed by atoms with van der Waals surface area (Å²) < 4.78 is 5.25. The molecule has 118 valence electrons. The number of ether oxygens (including phenoxy) is 1. The lowest BCUT2D eigenvalue weighted by Gasteiger charge is -2.19. The Balaban J connectivity index is 1.59. The maximum absolute atomic E-state index is 11.9. The third kappa shape index (κ3) is 4.01. The van der Waals surface area contributed by atoms with Crippen LogP contribution in [0.1, 0.15) is 30.0 Å². The van der Waals surface area contributed by atoms with Crippen molar-refractivity contribution in [2.24, 2.45) is 0 Å². The average Bonchev–Trinajstić information content (AvgIpc) is 2.60. The van der Waals surface area contributed by atoms with Gasteiger partial charge in [-0.2, -0.15) is 0 Å². The first-order chi connectivity index (χ1) is 11.2. The van der Waals surface area contributed by atoms with Gasteiger partial charge in [-0.25, -0.2) is 4.79 Å². The van der Waals surface area contributed by atoms with Gasteiger partial charge in [0, 0.05) is 5.69 Å². The van der Waals surface area contributed by atoms with E-state index >= 15 is 0 Å². The summed E-state index contributed by atoms with van der Waals surface area (Å²) in [5, 5.41) is 2.81. The van der Waals surface area contributed by atoms with Gasteiger partial charge in [-0.15, -0.1) is 0 Å². The molecule has 0 aliphatic heterocycles. The predicted octanol–water partition coefficient (Wildman–Crippen LogP) is 4.87. The number of benzene rings is 2. The van der Waals surface area contributed by atoms with Gasteiger partial charge in [0.05, 0.1) is 0 Å². The van der Waals surface area contributed by atoms with E-state index in [4.69, 9.17) is 4.74 Å². The molecule has 0 atom stereocenters. The molecule has 3 heteroatoms. The van der Waals surface area contributed by atoms with Crippen LogP contribution in [0.3, 0.4) is 0 Å². The number of fused-ring (bicyclic) bond motifs is 1. The lowest BCUT2D eigenvalue weighted by atomic mass is 9.87. The van der Waals surface area contributed by atoms with Crippen molar-refractivity contribution in [1.29, 1.82) is 0 Å². The quantitative estimate of drug-likeness (QED) is 0.821. The summed E-state index contributed by atoms with van der Waals surface area (Å²) in [7, 11) is 0. The number of carbonyl (C=O) groups is 1. The summed E-state index contributed by atoms with van der Waals surface area (Å²) in [6.45, 7) is 2.38. The van der Waals surface area contributed by atoms with Gasteiger partial charge >= 0.3 is 6.09 Å². The SMILES string of the molecule is CC=C1CCc2cc(NC(=O)OCc3ccccc3)ccc2C1. The molecule has 0 saturated carbocycles. The molecule has 23 heavy (non-hydrogen) atoms. The highest BCUT2D eigenvalue weighted by molar-refractivity contribution is 5.84. The van der Waals surface area contributed by atoms with E-state index in [0.29, 0.717) is 0 Å². The van der Waals surface area contributed by atoms with Crippen LogP contribution in [0.25, 0.3) is 0 Å². The number of hydrogen-bond acceptors (Lipinski definition) is 2. The Morgan fingerprint density at radius 2 is 1.96 bits per heavy atom. The zero-order valence-corrected chi connectivity index (χ0v) is 13.3. The monoisotopic (exact) mass is 307 g/mol. The minimum Gasteiger partial charge on any atom is -0.444 e. The standard InChI is InChI=1S/C20H21NO2/c1-2-15-8-9-18-13-19(11-10-17(18)12-15)21-20(22)23-14-16-6-4-3-5-7-16/h2-7,10-11,13H,8-9,12,14H2,1H3,(H,21,22). The smallest absolute Gasteiger partial charge is 0.411 e. The molecular weight excluding hydrogens is 286 g/mol. The second-order valence-corrected chi connectivity index (χ2v) is 5.79. The number of allylic oxidation sites excluding steroid dienone is 2. The molecule has 0 spiro atoms. The highest BCUT2D eigenvalue weighted by Gasteiger charge is 2.13. The Bertz CT molecular complexity index is 720. The van der Waals surface area contributed by atoms with Crippen molar-refractivity contribution in [2.75, 3.05) is 5.32 Å². The lowest BCUT2D eigenvalue weighted by molar-refractivity contribution is 0.155. The van der Waals surface area contributed by atoms with E-state index in [1.165, 1.54) is 16.7 Å². The number of nitrogens with one attached hydrogen (secondary N) is 1. The molecule has 3 nitrogen and oxygen atoms in total. The molecule has 3 rings (SSSR count). The van der Waals surface area contributed by atoms with E-state index < -0.39 is 6.09 Å². The maximum Gasteiger partial charge on any atom is 0.411 e. The molecule has 0 fully saturated rings. The molecule has 1 aliphatic rings. The first-order valence-corrected chi connectivity index (χ1v) is 7.98. The largest absolute Gasteiger partial charge is 0.444 e. The fourth-order valence-electron chi connectivity index (χ4n) is 2.86. The molecule has 1 aliphatic carbocycles. The fourth-order valence-corrected chi connectivity index (χ4v) is 2.86. The Labute approximate surface area is 137 Å². The summed E-state index contributed by atoms with van der Waals surface area (Å²) in [4.78, 5) is 11.9. The van der Waals surface area contributed by atoms with Crippen molar-refractivity contribution in [1.82, 2.24) is 0 Å². The minimum atomic E-state index is -0.418. The van der Waals surface area contributed by atoms with E-state index in [-0.39, 0.29) is 6.61 Å². The van der Waals surface area contributed by atoms with Crippen LogP contribution in [0, 0.1) is 0 Å². The molecule has 0 aromatic heterocycles. The van der Waals surface area contributed by atoms with Crippen molar-refractivity contribution >= 4 is 11.8 Å².